The van der Waals surface area contributed by atoms with Gasteiger partial charge in [0.25, 0.3) is 0 Å². The first-order valence-corrected chi connectivity index (χ1v) is 12.4. The fraction of sp³-hybridized carbons (Fsp3) is 0.217. The Morgan fingerprint density at radius 1 is 0.680 bits per heavy atom. The Labute approximate surface area is 153 Å². The monoisotopic (exact) mass is 345 g/mol. The molecule has 0 bridgehead atoms. The van der Waals surface area contributed by atoms with Crippen molar-refractivity contribution in [2.24, 2.45) is 0 Å². The van der Waals surface area contributed by atoms with Gasteiger partial charge in [-0.15, -0.1) is 0 Å². The molecule has 0 amide bonds. The smallest absolute Gasteiger partial charge is 0.148 e. The lowest BCUT2D eigenvalue weighted by Crippen LogP contribution is -2.49. The van der Waals surface area contributed by atoms with E-state index in [2.05, 4.69) is 115 Å². The van der Waals surface area contributed by atoms with Crippen LogP contribution < -0.4 is 4.57 Å². The summed E-state index contributed by atoms with van der Waals surface area (Å²) < 4.78 is 2.69. The molecule has 3 aromatic carbocycles. The van der Waals surface area contributed by atoms with E-state index in [1.165, 1.54) is 16.8 Å². The van der Waals surface area contributed by atoms with E-state index in [9.17, 15) is 0 Å². The molecule has 0 saturated carbocycles. The molecule has 0 heterocycles. The largest absolute Gasteiger partial charge is 0.391 e. The Morgan fingerprint density at radius 3 is 1.68 bits per heavy atom. The number of benzene rings is 3. The lowest BCUT2D eigenvalue weighted by molar-refractivity contribution is 0.707. The van der Waals surface area contributed by atoms with Crippen LogP contribution in [-0.2, 0) is 6.42 Å². The summed E-state index contributed by atoms with van der Waals surface area (Å²) in [6.07, 6.45) is 1.02. The molecule has 0 N–H and O–H groups in total. The van der Waals surface area contributed by atoms with Crippen LogP contribution in [0.25, 0.3) is 0 Å². The second-order valence-electron chi connectivity index (χ2n) is 7.49. The van der Waals surface area contributed by atoms with Crippen LogP contribution in [-0.4, -0.2) is 8.24 Å². The van der Waals surface area contributed by atoms with E-state index in [1.807, 2.05) is 0 Å². The zero-order chi connectivity index (χ0) is 17.7. The van der Waals surface area contributed by atoms with Crippen LogP contribution >= 0.6 is 0 Å². The predicted octanol–water partition coefficient (Wildman–Crippen LogP) is 6.31. The molecule has 3 rings (SSSR count). The van der Waals surface area contributed by atoms with Gasteiger partial charge in [-0.25, -0.2) is 0 Å². The normalized spacial score (nSPS) is 12.6. The van der Waals surface area contributed by atoms with E-state index in [1.54, 1.807) is 0 Å². The highest BCUT2D eigenvalue weighted by molar-refractivity contribution is 6.79. The molecule has 2 heteroatoms. The van der Waals surface area contributed by atoms with Gasteiger partial charge in [-0.3, -0.25) is 0 Å². The van der Waals surface area contributed by atoms with Gasteiger partial charge in [0.15, 0.2) is 0 Å². The van der Waals surface area contributed by atoms with Gasteiger partial charge in [-0.2, -0.15) is 0 Å². The number of nitrogens with zero attached hydrogens (tertiary/aromatic N) is 1. The Bertz CT molecular complexity index is 763. The molecule has 1 atom stereocenters. The Kier molecular flexibility index (Phi) is 5.39. The first-order valence-electron chi connectivity index (χ1n) is 8.99. The molecule has 0 saturated heterocycles. The van der Waals surface area contributed by atoms with Crippen molar-refractivity contribution in [3.8, 4) is 0 Å². The fourth-order valence-corrected chi connectivity index (χ4v) is 5.59. The van der Waals surface area contributed by atoms with Gasteiger partial charge in [-0.1, -0.05) is 98.5 Å². The van der Waals surface area contributed by atoms with Crippen molar-refractivity contribution in [2.75, 3.05) is 4.57 Å². The fourth-order valence-electron chi connectivity index (χ4n) is 3.49. The lowest BCUT2D eigenvalue weighted by atomic mass is 9.98. The van der Waals surface area contributed by atoms with Gasteiger partial charge in [0.2, 0.25) is 0 Å². The van der Waals surface area contributed by atoms with E-state index < -0.39 is 8.24 Å². The highest BCUT2D eigenvalue weighted by Crippen LogP contribution is 2.34. The van der Waals surface area contributed by atoms with Gasteiger partial charge in [0.05, 0.1) is 6.04 Å². The summed E-state index contributed by atoms with van der Waals surface area (Å²) in [5.41, 5.74) is 4.10. The summed E-state index contributed by atoms with van der Waals surface area (Å²) in [4.78, 5) is 0. The van der Waals surface area contributed by atoms with Gasteiger partial charge in [0.1, 0.15) is 8.24 Å². The second-order valence-corrected chi connectivity index (χ2v) is 12.3. The summed E-state index contributed by atoms with van der Waals surface area (Å²) in [5.74, 6) is 0. The number of rotatable bonds is 6. The molecule has 0 aliphatic carbocycles. The summed E-state index contributed by atoms with van der Waals surface area (Å²) in [6, 6.07) is 33.0. The molecule has 0 spiro atoms. The van der Waals surface area contributed by atoms with Gasteiger partial charge < -0.3 is 4.57 Å². The minimum Gasteiger partial charge on any atom is -0.391 e. The van der Waals surface area contributed by atoms with Crippen molar-refractivity contribution in [1.29, 1.82) is 0 Å². The third-order valence-electron chi connectivity index (χ3n) is 4.52. The van der Waals surface area contributed by atoms with Crippen molar-refractivity contribution in [3.63, 3.8) is 0 Å². The van der Waals surface area contributed by atoms with E-state index in [0.29, 0.717) is 6.04 Å². The van der Waals surface area contributed by atoms with E-state index in [-0.39, 0.29) is 0 Å². The van der Waals surface area contributed by atoms with Crippen molar-refractivity contribution in [3.05, 3.63) is 102 Å². The van der Waals surface area contributed by atoms with Crippen LogP contribution in [0.5, 0.6) is 0 Å². The quantitative estimate of drug-likeness (QED) is 0.473. The topological polar surface area (TPSA) is 3.24 Å². The maximum Gasteiger partial charge on any atom is 0.148 e. The lowest BCUT2D eigenvalue weighted by Gasteiger charge is -2.43. The van der Waals surface area contributed by atoms with Crippen molar-refractivity contribution >= 4 is 13.9 Å². The van der Waals surface area contributed by atoms with Crippen LogP contribution in [0.2, 0.25) is 19.6 Å². The average molecular weight is 346 g/mol. The van der Waals surface area contributed by atoms with Crippen LogP contribution in [0.15, 0.2) is 91.0 Å². The van der Waals surface area contributed by atoms with E-state index >= 15 is 0 Å². The second kappa shape index (κ2) is 7.71. The molecule has 0 aliphatic heterocycles. The zero-order valence-corrected chi connectivity index (χ0v) is 16.4. The molecule has 0 aromatic heterocycles. The maximum atomic E-state index is 2.69. The highest BCUT2D eigenvalue weighted by Gasteiger charge is 2.31. The highest BCUT2D eigenvalue weighted by atomic mass is 28.3. The Hall–Kier alpha value is -2.32. The standard InChI is InChI=1S/C23H27NSi/c1-25(2,3)24(22-17-11-6-12-18-22)23(21-15-9-5-10-16-21)19-20-13-7-4-8-14-20/h4-18,23H,19H2,1-3H3. The Balaban J connectivity index is 2.07. The molecule has 0 radical (unpaired) electrons. The molecule has 1 unspecified atom stereocenters. The minimum atomic E-state index is -1.59. The summed E-state index contributed by atoms with van der Waals surface area (Å²) in [7, 11) is -1.59. The summed E-state index contributed by atoms with van der Waals surface area (Å²) in [6.45, 7) is 7.29. The molecule has 1 nitrogen and oxygen atoms in total. The first kappa shape index (κ1) is 17.5. The van der Waals surface area contributed by atoms with Crippen LogP contribution in [0.4, 0.5) is 5.69 Å². The van der Waals surface area contributed by atoms with Crippen molar-refractivity contribution < 1.29 is 0 Å². The molecular weight excluding hydrogens is 318 g/mol. The van der Waals surface area contributed by atoms with E-state index in [4.69, 9.17) is 0 Å². The molecule has 0 aliphatic rings. The zero-order valence-electron chi connectivity index (χ0n) is 15.4. The molecule has 25 heavy (non-hydrogen) atoms. The molecular formula is C23H27NSi. The maximum absolute atomic E-state index is 2.69. The summed E-state index contributed by atoms with van der Waals surface area (Å²) >= 11 is 0. The summed E-state index contributed by atoms with van der Waals surface area (Å²) in [5, 5.41) is 0. The average Bonchev–Trinajstić information content (AvgIpc) is 2.63. The van der Waals surface area contributed by atoms with E-state index in [0.717, 1.165) is 6.42 Å². The number of hydrogen-bond acceptors (Lipinski definition) is 1. The van der Waals surface area contributed by atoms with Crippen LogP contribution in [0, 0.1) is 0 Å². The molecule has 0 fully saturated rings. The van der Waals surface area contributed by atoms with Crippen molar-refractivity contribution in [1.82, 2.24) is 0 Å². The van der Waals surface area contributed by atoms with Gasteiger partial charge in [-0.05, 0) is 29.7 Å². The molecule has 3 aromatic rings. The number of hydrogen-bond donors (Lipinski definition) is 0. The predicted molar refractivity (Wildman–Crippen MR) is 112 cm³/mol. The third kappa shape index (κ3) is 4.40. The molecule has 128 valence electrons. The van der Waals surface area contributed by atoms with Crippen molar-refractivity contribution in [2.45, 2.75) is 32.1 Å². The number of para-hydroxylation sites is 1. The SMILES string of the molecule is C[Si](C)(C)N(c1ccccc1)C(Cc1ccccc1)c1ccccc1. The van der Waals surface area contributed by atoms with Crippen LogP contribution in [0.1, 0.15) is 17.2 Å². The van der Waals surface area contributed by atoms with Gasteiger partial charge >= 0.3 is 0 Å². The Morgan fingerprint density at radius 2 is 1.16 bits per heavy atom. The first-order chi connectivity index (χ1) is 12.1. The van der Waals surface area contributed by atoms with Gasteiger partial charge in [0, 0.05) is 5.69 Å². The minimum absolute atomic E-state index is 0.345. The third-order valence-corrected chi connectivity index (χ3v) is 6.54. The number of anilines is 1. The van der Waals surface area contributed by atoms with Crippen LogP contribution in [0.3, 0.4) is 0 Å².